The molecule has 1 aromatic carbocycles. The summed E-state index contributed by atoms with van der Waals surface area (Å²) in [5.41, 5.74) is 2.83. The fourth-order valence-electron chi connectivity index (χ4n) is 3.79. The van der Waals surface area contributed by atoms with Crippen LogP contribution in [0.5, 0.6) is 5.75 Å². The maximum absolute atomic E-state index is 13.1. The number of hydrogen-bond acceptors (Lipinski definition) is 6. The number of carbonyl (C=O) groups excluding carboxylic acids is 1. The largest absolute Gasteiger partial charge is 0.489 e. The Morgan fingerprint density at radius 3 is 2.58 bits per heavy atom. The lowest BCUT2D eigenvalue weighted by Gasteiger charge is -2.23. The lowest BCUT2D eigenvalue weighted by molar-refractivity contribution is 0.102. The molecule has 4 aromatic rings. The summed E-state index contributed by atoms with van der Waals surface area (Å²) in [6.07, 6.45) is 9.02. The number of amides is 1. The molecular weight excluding hydrogens is 421 g/mol. The molecule has 0 bridgehead atoms. The first-order valence-corrected chi connectivity index (χ1v) is 10.8. The highest BCUT2D eigenvalue weighted by molar-refractivity contribution is 6.04. The molecule has 1 saturated heterocycles. The number of carbonyl (C=O) groups is 1. The third-order valence-electron chi connectivity index (χ3n) is 5.55. The highest BCUT2D eigenvalue weighted by Gasteiger charge is 2.15. The van der Waals surface area contributed by atoms with Gasteiger partial charge in [0.15, 0.2) is 0 Å². The average Bonchev–Trinajstić information content (AvgIpc) is 2.85. The zero-order valence-electron chi connectivity index (χ0n) is 17.8. The van der Waals surface area contributed by atoms with E-state index >= 15 is 0 Å². The number of anilines is 1. The number of halogens is 1. The quantitative estimate of drug-likeness (QED) is 0.480. The van der Waals surface area contributed by atoms with Crippen molar-refractivity contribution in [3.05, 3.63) is 78.6 Å². The van der Waals surface area contributed by atoms with Crippen LogP contribution < -0.4 is 15.4 Å². The van der Waals surface area contributed by atoms with E-state index in [4.69, 9.17) is 4.74 Å². The topological polar surface area (TPSA) is 89.0 Å². The van der Waals surface area contributed by atoms with Gasteiger partial charge in [-0.15, -0.1) is 0 Å². The van der Waals surface area contributed by atoms with Crippen molar-refractivity contribution in [3.8, 4) is 16.9 Å². The van der Waals surface area contributed by atoms with E-state index < -0.39 is 5.82 Å². The number of ether oxygens (including phenoxy) is 1. The first-order valence-electron chi connectivity index (χ1n) is 10.8. The Hall–Kier alpha value is -3.91. The number of piperidine rings is 1. The van der Waals surface area contributed by atoms with Gasteiger partial charge in [-0.2, -0.15) is 0 Å². The standard InChI is InChI=1S/C25H22FN5O2/c26-20-3-1-16(2-4-20)25(32)31-24-11-17-9-18(13-29-23(17)15-30-24)19-10-22(14-28-12-19)33-21-5-7-27-8-6-21/h1-4,9-15,21,27H,5-8H2,(H,30,31,32). The van der Waals surface area contributed by atoms with Crippen molar-refractivity contribution in [2.24, 2.45) is 0 Å². The predicted molar refractivity (Wildman–Crippen MR) is 124 cm³/mol. The van der Waals surface area contributed by atoms with Crippen molar-refractivity contribution < 1.29 is 13.9 Å². The number of benzene rings is 1. The smallest absolute Gasteiger partial charge is 0.256 e. The Bertz CT molecular complexity index is 1290. The molecule has 166 valence electrons. The van der Waals surface area contributed by atoms with Gasteiger partial charge in [-0.3, -0.25) is 14.8 Å². The molecule has 0 aliphatic carbocycles. The van der Waals surface area contributed by atoms with Gasteiger partial charge in [0.1, 0.15) is 23.5 Å². The van der Waals surface area contributed by atoms with E-state index in [0.29, 0.717) is 16.9 Å². The molecule has 5 rings (SSSR count). The second-order valence-electron chi connectivity index (χ2n) is 7.92. The van der Waals surface area contributed by atoms with Gasteiger partial charge in [0.05, 0.1) is 17.9 Å². The van der Waals surface area contributed by atoms with E-state index in [1.807, 2.05) is 12.1 Å². The molecule has 8 heteroatoms. The molecule has 4 heterocycles. The lowest BCUT2D eigenvalue weighted by atomic mass is 10.1. The van der Waals surface area contributed by atoms with E-state index in [2.05, 4.69) is 25.6 Å². The van der Waals surface area contributed by atoms with Crippen molar-refractivity contribution in [2.75, 3.05) is 18.4 Å². The second-order valence-corrected chi connectivity index (χ2v) is 7.92. The molecule has 1 aliphatic rings. The monoisotopic (exact) mass is 443 g/mol. The van der Waals surface area contributed by atoms with Crippen LogP contribution >= 0.6 is 0 Å². The number of pyridine rings is 3. The molecule has 1 amide bonds. The van der Waals surface area contributed by atoms with Crippen LogP contribution in [0, 0.1) is 5.82 Å². The van der Waals surface area contributed by atoms with Crippen molar-refractivity contribution in [3.63, 3.8) is 0 Å². The van der Waals surface area contributed by atoms with Gasteiger partial charge in [0.2, 0.25) is 0 Å². The van der Waals surface area contributed by atoms with Crippen LogP contribution in [0.25, 0.3) is 22.0 Å². The minimum Gasteiger partial charge on any atom is -0.489 e. The van der Waals surface area contributed by atoms with E-state index in [9.17, 15) is 9.18 Å². The van der Waals surface area contributed by atoms with Crippen LogP contribution in [0.4, 0.5) is 10.2 Å². The van der Waals surface area contributed by atoms with Crippen LogP contribution in [-0.4, -0.2) is 40.1 Å². The zero-order valence-corrected chi connectivity index (χ0v) is 17.8. The average molecular weight is 443 g/mol. The van der Waals surface area contributed by atoms with Gasteiger partial charge in [-0.25, -0.2) is 9.37 Å². The molecule has 0 atom stereocenters. The second kappa shape index (κ2) is 9.30. The van der Waals surface area contributed by atoms with Gasteiger partial charge < -0.3 is 15.4 Å². The molecule has 0 spiro atoms. The molecule has 0 saturated carbocycles. The van der Waals surface area contributed by atoms with Crippen molar-refractivity contribution in [1.82, 2.24) is 20.3 Å². The summed E-state index contributed by atoms with van der Waals surface area (Å²) in [6.45, 7) is 1.92. The number of nitrogens with one attached hydrogen (secondary N) is 2. The highest BCUT2D eigenvalue weighted by Crippen LogP contribution is 2.27. The Morgan fingerprint density at radius 1 is 0.970 bits per heavy atom. The molecule has 1 fully saturated rings. The Morgan fingerprint density at radius 2 is 1.76 bits per heavy atom. The molecule has 7 nitrogen and oxygen atoms in total. The molecule has 2 N–H and O–H groups in total. The fourth-order valence-corrected chi connectivity index (χ4v) is 3.79. The maximum Gasteiger partial charge on any atom is 0.256 e. The highest BCUT2D eigenvalue weighted by atomic mass is 19.1. The Balaban J connectivity index is 1.37. The fraction of sp³-hybridized carbons (Fsp3) is 0.200. The normalized spacial score (nSPS) is 14.2. The van der Waals surface area contributed by atoms with Gasteiger partial charge in [-0.05, 0) is 68.4 Å². The number of hydrogen-bond donors (Lipinski definition) is 2. The Kier molecular flexibility index (Phi) is 5.91. The van der Waals surface area contributed by atoms with E-state index in [0.717, 1.165) is 48.2 Å². The summed E-state index contributed by atoms with van der Waals surface area (Å²) in [5, 5.41) is 6.90. The summed E-state index contributed by atoms with van der Waals surface area (Å²) in [4.78, 5) is 25.5. The SMILES string of the molecule is O=C(Nc1cc2cc(-c3cncc(OC4CCNCC4)c3)cnc2cn1)c1ccc(F)cc1. The summed E-state index contributed by atoms with van der Waals surface area (Å²) in [5.74, 6) is 0.366. The summed E-state index contributed by atoms with van der Waals surface area (Å²) >= 11 is 0. The van der Waals surface area contributed by atoms with Gasteiger partial charge >= 0.3 is 0 Å². The lowest BCUT2D eigenvalue weighted by Crippen LogP contribution is -2.34. The number of fused-ring (bicyclic) bond motifs is 1. The van der Waals surface area contributed by atoms with E-state index in [1.165, 1.54) is 24.3 Å². The third kappa shape index (κ3) is 4.96. The van der Waals surface area contributed by atoms with Gasteiger partial charge in [0.25, 0.3) is 5.91 Å². The summed E-state index contributed by atoms with van der Waals surface area (Å²) in [7, 11) is 0. The molecule has 3 aromatic heterocycles. The minimum atomic E-state index is -0.395. The maximum atomic E-state index is 13.1. The summed E-state index contributed by atoms with van der Waals surface area (Å²) in [6, 6.07) is 11.1. The van der Waals surface area contributed by atoms with Crippen LogP contribution in [0.2, 0.25) is 0 Å². The molecule has 0 radical (unpaired) electrons. The molecule has 0 unspecified atom stereocenters. The van der Waals surface area contributed by atoms with E-state index in [-0.39, 0.29) is 12.0 Å². The molecule has 1 aliphatic heterocycles. The van der Waals surface area contributed by atoms with Crippen LogP contribution in [-0.2, 0) is 0 Å². The van der Waals surface area contributed by atoms with Gasteiger partial charge in [0, 0.05) is 34.5 Å². The van der Waals surface area contributed by atoms with Crippen molar-refractivity contribution >= 4 is 22.6 Å². The summed E-state index contributed by atoms with van der Waals surface area (Å²) < 4.78 is 19.2. The number of aromatic nitrogens is 3. The Labute approximate surface area is 190 Å². The van der Waals surface area contributed by atoms with Crippen LogP contribution in [0.15, 0.2) is 67.3 Å². The van der Waals surface area contributed by atoms with Gasteiger partial charge in [-0.1, -0.05) is 0 Å². The van der Waals surface area contributed by atoms with Crippen molar-refractivity contribution in [1.29, 1.82) is 0 Å². The number of nitrogens with zero attached hydrogens (tertiary/aromatic N) is 3. The zero-order chi connectivity index (χ0) is 22.6. The predicted octanol–water partition coefficient (Wildman–Crippen LogP) is 4.21. The van der Waals surface area contributed by atoms with E-state index in [1.54, 1.807) is 30.9 Å². The van der Waals surface area contributed by atoms with Crippen LogP contribution in [0.1, 0.15) is 23.2 Å². The number of rotatable bonds is 5. The minimum absolute atomic E-state index is 0.191. The first kappa shape index (κ1) is 21.0. The first-order chi connectivity index (χ1) is 16.1. The molecular formula is C25H22FN5O2. The third-order valence-corrected chi connectivity index (χ3v) is 5.55. The van der Waals surface area contributed by atoms with Crippen LogP contribution in [0.3, 0.4) is 0 Å². The van der Waals surface area contributed by atoms with Crippen molar-refractivity contribution in [2.45, 2.75) is 18.9 Å². The molecule has 33 heavy (non-hydrogen) atoms.